The Balaban J connectivity index is 1.86. The van der Waals surface area contributed by atoms with Crippen molar-refractivity contribution in [3.63, 3.8) is 0 Å². The molecule has 4 atom stereocenters. The maximum Gasteiger partial charge on any atom is 0.504 e. The fourth-order valence-corrected chi connectivity index (χ4v) is 2.99. The van der Waals surface area contributed by atoms with Crippen molar-refractivity contribution in [2.75, 3.05) is 19.9 Å². The van der Waals surface area contributed by atoms with Gasteiger partial charge in [-0.2, -0.15) is 4.39 Å². The van der Waals surface area contributed by atoms with Crippen LogP contribution in [0.25, 0.3) is 0 Å². The molecular weight excluding hydrogens is 306 g/mol. The zero-order valence-corrected chi connectivity index (χ0v) is 12.0. The first-order chi connectivity index (χ1) is 9.90. The number of hydrogen-bond donors (Lipinski definition) is 1. The van der Waals surface area contributed by atoms with E-state index >= 15 is 0 Å². The number of fused-ring (bicyclic) bond motifs is 2. The van der Waals surface area contributed by atoms with Gasteiger partial charge in [0.15, 0.2) is 12.9 Å². The molecule has 3 rings (SSSR count). The Morgan fingerprint density at radius 1 is 1.62 bits per heavy atom. The molecule has 2 aliphatic rings. The van der Waals surface area contributed by atoms with E-state index in [2.05, 4.69) is 0 Å². The SMILES string of the molecule is C[P+](=O)OC[C@]12CO[C@H](C1)[C@H](n1cc(F)c(=O)[nH]c1=O)O2. The topological polar surface area (TPSA) is 99.6 Å². The summed E-state index contributed by atoms with van der Waals surface area (Å²) >= 11 is 0. The van der Waals surface area contributed by atoms with Crippen LogP contribution in [0.4, 0.5) is 4.39 Å². The molecule has 0 spiro atoms. The number of aromatic amines is 1. The molecule has 2 saturated heterocycles. The first kappa shape index (κ1) is 14.5. The van der Waals surface area contributed by atoms with Crippen LogP contribution in [-0.2, 0) is 18.6 Å². The zero-order valence-electron chi connectivity index (χ0n) is 11.1. The molecule has 21 heavy (non-hydrogen) atoms. The molecule has 2 aliphatic heterocycles. The van der Waals surface area contributed by atoms with E-state index in [-0.39, 0.29) is 13.2 Å². The van der Waals surface area contributed by atoms with E-state index in [0.29, 0.717) is 6.42 Å². The minimum absolute atomic E-state index is 0.0618. The molecule has 114 valence electrons. The highest BCUT2D eigenvalue weighted by Gasteiger charge is 2.55. The van der Waals surface area contributed by atoms with Crippen LogP contribution < -0.4 is 11.2 Å². The number of ether oxygens (including phenoxy) is 2. The van der Waals surface area contributed by atoms with Crippen LogP contribution in [0.2, 0.25) is 0 Å². The largest absolute Gasteiger partial charge is 0.504 e. The predicted octanol–water partition coefficient (Wildman–Crippen LogP) is 0.121. The van der Waals surface area contributed by atoms with Crippen molar-refractivity contribution in [3.05, 3.63) is 32.9 Å². The quantitative estimate of drug-likeness (QED) is 0.791. The van der Waals surface area contributed by atoms with Crippen LogP contribution in [0.15, 0.2) is 15.8 Å². The van der Waals surface area contributed by atoms with Gasteiger partial charge in [-0.3, -0.25) is 14.3 Å². The van der Waals surface area contributed by atoms with Gasteiger partial charge in [-0.15, -0.1) is 4.52 Å². The first-order valence-electron chi connectivity index (χ1n) is 6.24. The van der Waals surface area contributed by atoms with Gasteiger partial charge in [0.25, 0.3) is 5.56 Å². The minimum Gasteiger partial charge on any atom is -0.370 e. The van der Waals surface area contributed by atoms with Crippen molar-refractivity contribution < 1.29 is 23.0 Å². The summed E-state index contributed by atoms with van der Waals surface area (Å²) in [7, 11) is -1.78. The Hall–Kier alpha value is -1.41. The molecule has 1 unspecified atom stereocenters. The first-order valence-corrected chi connectivity index (χ1v) is 7.87. The van der Waals surface area contributed by atoms with E-state index in [4.69, 9.17) is 14.0 Å². The molecule has 0 aliphatic carbocycles. The van der Waals surface area contributed by atoms with E-state index in [1.54, 1.807) is 0 Å². The van der Waals surface area contributed by atoms with Gasteiger partial charge in [0.2, 0.25) is 5.82 Å². The van der Waals surface area contributed by atoms with Crippen LogP contribution in [0, 0.1) is 5.82 Å². The summed E-state index contributed by atoms with van der Waals surface area (Å²) in [5, 5.41) is 0. The van der Waals surface area contributed by atoms with Gasteiger partial charge < -0.3 is 9.47 Å². The fraction of sp³-hybridized carbons (Fsp3) is 0.636. The van der Waals surface area contributed by atoms with Gasteiger partial charge in [-0.25, -0.2) is 4.79 Å². The molecule has 10 heteroatoms. The lowest BCUT2D eigenvalue weighted by atomic mass is 10.0. The summed E-state index contributed by atoms with van der Waals surface area (Å²) in [5.74, 6) is -1.08. The number of hydrogen-bond acceptors (Lipinski definition) is 6. The number of H-pyrrole nitrogens is 1. The Morgan fingerprint density at radius 2 is 2.38 bits per heavy atom. The molecule has 0 amide bonds. The minimum atomic E-state index is -1.78. The molecule has 1 aromatic rings. The van der Waals surface area contributed by atoms with Crippen LogP contribution in [0.3, 0.4) is 0 Å². The van der Waals surface area contributed by atoms with Crippen molar-refractivity contribution in [2.45, 2.75) is 24.4 Å². The molecule has 1 N–H and O–H groups in total. The Kier molecular flexibility index (Phi) is 3.53. The maximum absolute atomic E-state index is 13.3. The van der Waals surface area contributed by atoms with E-state index < -0.39 is 43.0 Å². The summed E-state index contributed by atoms with van der Waals surface area (Å²) in [4.78, 5) is 24.7. The van der Waals surface area contributed by atoms with E-state index in [1.807, 2.05) is 4.98 Å². The van der Waals surface area contributed by atoms with E-state index in [0.717, 1.165) is 10.8 Å². The normalized spacial score (nSPS) is 31.6. The summed E-state index contributed by atoms with van der Waals surface area (Å²) in [6.07, 6.45) is -0.0685. The average Bonchev–Trinajstić information content (AvgIpc) is 2.99. The molecule has 1 aromatic heterocycles. The number of aromatic nitrogens is 2. The molecular formula is C11H13FN2O6P+. The maximum atomic E-state index is 13.3. The third kappa shape index (κ3) is 2.57. The second kappa shape index (κ2) is 5.10. The second-order valence-corrected chi connectivity index (χ2v) is 6.24. The second-order valence-electron chi connectivity index (χ2n) is 5.10. The predicted molar refractivity (Wildman–Crippen MR) is 68.0 cm³/mol. The smallest absolute Gasteiger partial charge is 0.370 e. The fourth-order valence-electron chi connectivity index (χ4n) is 2.57. The number of rotatable bonds is 4. The van der Waals surface area contributed by atoms with Gasteiger partial charge >= 0.3 is 13.7 Å². The Bertz CT molecular complexity index is 703. The summed E-state index contributed by atoms with van der Waals surface area (Å²) in [5.41, 5.74) is -2.66. The number of nitrogens with one attached hydrogen (secondary N) is 1. The molecule has 0 aromatic carbocycles. The Labute approximate surface area is 118 Å². The van der Waals surface area contributed by atoms with Crippen LogP contribution in [0.1, 0.15) is 12.6 Å². The van der Waals surface area contributed by atoms with Gasteiger partial charge in [-0.05, 0) is 4.57 Å². The lowest BCUT2D eigenvalue weighted by Crippen LogP contribution is -2.43. The third-order valence-corrected chi connectivity index (χ3v) is 4.02. The van der Waals surface area contributed by atoms with Crippen molar-refractivity contribution in [1.29, 1.82) is 0 Å². The molecule has 0 radical (unpaired) electrons. The lowest BCUT2D eigenvalue weighted by Gasteiger charge is -2.29. The van der Waals surface area contributed by atoms with Gasteiger partial charge in [0.1, 0.15) is 18.3 Å². The van der Waals surface area contributed by atoms with Gasteiger partial charge in [0.05, 0.1) is 12.8 Å². The standard InChI is InChI=1S/C11H12FN2O6P/c1-21(17)19-5-11-2-7(18-4-11)9(20-11)14-3-6(12)8(15)13-10(14)16/h3,7,9H,2,4-5H2,1H3/p+1/t7-,9-,11-/m1/s1. The molecule has 2 fully saturated rings. The summed E-state index contributed by atoms with van der Waals surface area (Å²) < 4.78 is 41.7. The van der Waals surface area contributed by atoms with Crippen molar-refractivity contribution >= 4 is 8.03 Å². The van der Waals surface area contributed by atoms with Crippen LogP contribution in [-0.4, -0.2) is 41.1 Å². The number of nitrogens with zero attached hydrogens (tertiary/aromatic N) is 1. The zero-order chi connectivity index (χ0) is 15.2. The highest BCUT2D eigenvalue weighted by molar-refractivity contribution is 7.38. The molecule has 0 saturated carbocycles. The van der Waals surface area contributed by atoms with Crippen LogP contribution >= 0.6 is 8.03 Å². The Morgan fingerprint density at radius 3 is 3.10 bits per heavy atom. The van der Waals surface area contributed by atoms with E-state index in [9.17, 15) is 18.5 Å². The monoisotopic (exact) mass is 319 g/mol. The summed E-state index contributed by atoms with van der Waals surface area (Å²) in [6.45, 7) is 1.73. The lowest BCUT2D eigenvalue weighted by molar-refractivity contribution is -0.182. The molecule has 3 heterocycles. The van der Waals surface area contributed by atoms with E-state index in [1.165, 1.54) is 6.66 Å². The van der Waals surface area contributed by atoms with Gasteiger partial charge in [0, 0.05) is 6.42 Å². The average molecular weight is 319 g/mol. The highest BCUT2D eigenvalue weighted by atomic mass is 31.1. The number of halogens is 1. The summed E-state index contributed by atoms with van der Waals surface area (Å²) in [6, 6.07) is 0. The van der Waals surface area contributed by atoms with Gasteiger partial charge in [-0.1, -0.05) is 0 Å². The van der Waals surface area contributed by atoms with Crippen molar-refractivity contribution in [2.24, 2.45) is 0 Å². The highest BCUT2D eigenvalue weighted by Crippen LogP contribution is 2.45. The molecule has 8 nitrogen and oxygen atoms in total. The van der Waals surface area contributed by atoms with Crippen LogP contribution in [0.5, 0.6) is 0 Å². The molecule has 2 bridgehead atoms. The third-order valence-electron chi connectivity index (χ3n) is 3.53. The van der Waals surface area contributed by atoms with Crippen molar-refractivity contribution in [1.82, 2.24) is 9.55 Å². The van der Waals surface area contributed by atoms with Crippen molar-refractivity contribution in [3.8, 4) is 0 Å².